The standard InChI is InChI=1S/C14H12N2O6S/c15-9-3-1-7(13(17)18)5-11(9)23(21,22)12-6-8(14(19)20)2-4-10(12)16/h1-6H,15-16H2,(H,17,18)(H,19,20). The Labute approximate surface area is 130 Å². The third-order valence-corrected chi connectivity index (χ3v) is 4.97. The normalized spacial score (nSPS) is 11.1. The van der Waals surface area contributed by atoms with E-state index in [4.69, 9.17) is 21.7 Å². The molecule has 0 saturated heterocycles. The zero-order valence-corrected chi connectivity index (χ0v) is 12.4. The summed E-state index contributed by atoms with van der Waals surface area (Å²) in [5.41, 5.74) is 10.4. The number of carboxylic acid groups (broad SMARTS) is 2. The number of sulfone groups is 1. The van der Waals surface area contributed by atoms with Gasteiger partial charge < -0.3 is 21.7 Å². The van der Waals surface area contributed by atoms with E-state index in [1.807, 2.05) is 0 Å². The molecule has 2 aromatic rings. The first kappa shape index (κ1) is 16.3. The molecule has 0 aliphatic heterocycles. The highest BCUT2D eigenvalue weighted by atomic mass is 32.2. The van der Waals surface area contributed by atoms with Crippen LogP contribution in [-0.2, 0) is 9.84 Å². The molecule has 0 aliphatic carbocycles. The molecule has 6 N–H and O–H groups in total. The molecule has 0 fully saturated rings. The molecule has 0 amide bonds. The third-order valence-electron chi connectivity index (χ3n) is 3.10. The number of nitrogen functional groups attached to an aromatic ring is 2. The lowest BCUT2D eigenvalue weighted by Gasteiger charge is -2.11. The number of carboxylic acids is 2. The van der Waals surface area contributed by atoms with Gasteiger partial charge in [-0.25, -0.2) is 18.0 Å². The van der Waals surface area contributed by atoms with Crippen LogP contribution < -0.4 is 11.5 Å². The maximum atomic E-state index is 12.7. The highest BCUT2D eigenvalue weighted by molar-refractivity contribution is 7.91. The van der Waals surface area contributed by atoms with Crippen molar-refractivity contribution in [3.8, 4) is 0 Å². The van der Waals surface area contributed by atoms with Crippen LogP contribution >= 0.6 is 0 Å². The Balaban J connectivity index is 2.73. The highest BCUT2D eigenvalue weighted by Gasteiger charge is 2.25. The average Bonchev–Trinajstić information content (AvgIpc) is 2.47. The van der Waals surface area contributed by atoms with Crippen molar-refractivity contribution in [1.82, 2.24) is 0 Å². The second-order valence-electron chi connectivity index (χ2n) is 4.62. The molecule has 2 rings (SSSR count). The van der Waals surface area contributed by atoms with Gasteiger partial charge in [-0.05, 0) is 36.4 Å². The van der Waals surface area contributed by atoms with Crippen molar-refractivity contribution in [2.45, 2.75) is 9.79 Å². The van der Waals surface area contributed by atoms with Crippen LogP contribution in [0.3, 0.4) is 0 Å². The first-order valence-electron chi connectivity index (χ1n) is 6.15. The molecule has 0 saturated carbocycles. The van der Waals surface area contributed by atoms with Gasteiger partial charge in [0.25, 0.3) is 0 Å². The summed E-state index contributed by atoms with van der Waals surface area (Å²) in [6.45, 7) is 0. The van der Waals surface area contributed by atoms with Crippen molar-refractivity contribution in [1.29, 1.82) is 0 Å². The number of aromatic carboxylic acids is 2. The van der Waals surface area contributed by atoms with E-state index in [0.717, 1.165) is 36.4 Å². The van der Waals surface area contributed by atoms with Crippen molar-refractivity contribution in [3.63, 3.8) is 0 Å². The number of hydrogen-bond acceptors (Lipinski definition) is 6. The Morgan fingerprint density at radius 1 is 0.783 bits per heavy atom. The summed E-state index contributed by atoms with van der Waals surface area (Å²) in [4.78, 5) is 21.1. The van der Waals surface area contributed by atoms with E-state index in [-0.39, 0.29) is 22.5 Å². The lowest BCUT2D eigenvalue weighted by atomic mass is 10.2. The fourth-order valence-corrected chi connectivity index (χ4v) is 3.48. The van der Waals surface area contributed by atoms with Crippen molar-refractivity contribution < 1.29 is 28.2 Å². The maximum absolute atomic E-state index is 12.7. The largest absolute Gasteiger partial charge is 0.478 e. The van der Waals surface area contributed by atoms with Crippen LogP contribution in [-0.4, -0.2) is 30.6 Å². The number of benzene rings is 2. The van der Waals surface area contributed by atoms with Crippen LogP contribution in [0, 0.1) is 0 Å². The summed E-state index contributed by atoms with van der Waals surface area (Å²) >= 11 is 0. The minimum atomic E-state index is -4.29. The molecular formula is C14H12N2O6S. The number of nitrogens with two attached hydrogens (primary N) is 2. The Bertz CT molecular complexity index is 851. The number of rotatable bonds is 4. The SMILES string of the molecule is Nc1ccc(C(=O)O)cc1S(=O)(=O)c1cc(C(=O)O)ccc1N. The number of hydrogen-bond donors (Lipinski definition) is 4. The van der Waals surface area contributed by atoms with Crippen LogP contribution in [0.4, 0.5) is 11.4 Å². The number of carbonyl (C=O) groups is 2. The van der Waals surface area contributed by atoms with E-state index in [1.54, 1.807) is 0 Å². The average molecular weight is 336 g/mol. The predicted octanol–water partition coefficient (Wildman–Crippen LogP) is 1.08. The first-order chi connectivity index (χ1) is 10.6. The third kappa shape index (κ3) is 2.94. The smallest absolute Gasteiger partial charge is 0.335 e. The van der Waals surface area contributed by atoms with Crippen LogP contribution in [0.15, 0.2) is 46.2 Å². The van der Waals surface area contributed by atoms with Crippen molar-refractivity contribution in [3.05, 3.63) is 47.5 Å². The molecule has 0 unspecified atom stereocenters. The van der Waals surface area contributed by atoms with E-state index in [2.05, 4.69) is 0 Å². The molecule has 0 aromatic heterocycles. The Hall–Kier alpha value is -3.07. The summed E-state index contributed by atoms with van der Waals surface area (Å²) in [5.74, 6) is -2.65. The van der Waals surface area contributed by atoms with Crippen molar-refractivity contribution >= 4 is 33.2 Å². The molecule has 0 radical (unpaired) electrons. The van der Waals surface area contributed by atoms with Gasteiger partial charge in [0, 0.05) is 0 Å². The van der Waals surface area contributed by atoms with E-state index in [9.17, 15) is 18.0 Å². The maximum Gasteiger partial charge on any atom is 0.335 e. The van der Waals surface area contributed by atoms with E-state index >= 15 is 0 Å². The molecule has 120 valence electrons. The van der Waals surface area contributed by atoms with Gasteiger partial charge in [-0.15, -0.1) is 0 Å². The van der Waals surface area contributed by atoms with Crippen molar-refractivity contribution in [2.24, 2.45) is 0 Å². The van der Waals surface area contributed by atoms with E-state index < -0.39 is 31.6 Å². The van der Waals surface area contributed by atoms with Gasteiger partial charge in [-0.1, -0.05) is 0 Å². The van der Waals surface area contributed by atoms with Crippen LogP contribution in [0.1, 0.15) is 20.7 Å². The Morgan fingerprint density at radius 3 is 1.43 bits per heavy atom. The molecule has 0 heterocycles. The van der Waals surface area contributed by atoms with E-state index in [0.29, 0.717) is 0 Å². The highest BCUT2D eigenvalue weighted by Crippen LogP contribution is 2.31. The Kier molecular flexibility index (Phi) is 3.98. The van der Waals surface area contributed by atoms with Gasteiger partial charge >= 0.3 is 11.9 Å². The molecule has 0 aliphatic rings. The molecule has 23 heavy (non-hydrogen) atoms. The summed E-state index contributed by atoms with van der Waals surface area (Å²) in [6.07, 6.45) is 0. The molecule has 0 spiro atoms. The number of anilines is 2. The summed E-state index contributed by atoms with van der Waals surface area (Å²) in [5, 5.41) is 17.9. The van der Waals surface area contributed by atoms with Crippen LogP contribution in [0.5, 0.6) is 0 Å². The van der Waals surface area contributed by atoms with Gasteiger partial charge in [-0.3, -0.25) is 0 Å². The molecular weight excluding hydrogens is 324 g/mol. The zero-order chi connectivity index (χ0) is 17.4. The molecule has 0 atom stereocenters. The van der Waals surface area contributed by atoms with Crippen LogP contribution in [0.2, 0.25) is 0 Å². The lowest BCUT2D eigenvalue weighted by molar-refractivity contribution is 0.0686. The fraction of sp³-hybridized carbons (Fsp3) is 0. The molecule has 0 bridgehead atoms. The fourth-order valence-electron chi connectivity index (χ4n) is 1.92. The monoisotopic (exact) mass is 336 g/mol. The van der Waals surface area contributed by atoms with E-state index in [1.165, 1.54) is 0 Å². The second-order valence-corrected chi connectivity index (χ2v) is 6.51. The molecule has 8 nitrogen and oxygen atoms in total. The second kappa shape index (κ2) is 5.61. The van der Waals surface area contributed by atoms with Crippen LogP contribution in [0.25, 0.3) is 0 Å². The molecule has 2 aromatic carbocycles. The minimum Gasteiger partial charge on any atom is -0.478 e. The van der Waals surface area contributed by atoms with Gasteiger partial charge in [0.2, 0.25) is 9.84 Å². The van der Waals surface area contributed by atoms with Gasteiger partial charge in [0.15, 0.2) is 0 Å². The minimum absolute atomic E-state index is 0.171. The van der Waals surface area contributed by atoms with Crippen molar-refractivity contribution in [2.75, 3.05) is 11.5 Å². The zero-order valence-electron chi connectivity index (χ0n) is 11.6. The Morgan fingerprint density at radius 2 is 1.13 bits per heavy atom. The first-order valence-corrected chi connectivity index (χ1v) is 7.63. The van der Waals surface area contributed by atoms with Gasteiger partial charge in [0.1, 0.15) is 0 Å². The predicted molar refractivity (Wildman–Crippen MR) is 81.1 cm³/mol. The quantitative estimate of drug-likeness (QED) is 0.603. The lowest BCUT2D eigenvalue weighted by Crippen LogP contribution is -2.11. The summed E-state index contributed by atoms with van der Waals surface area (Å²) in [7, 11) is -4.29. The van der Waals surface area contributed by atoms with Gasteiger partial charge in [-0.2, -0.15) is 0 Å². The van der Waals surface area contributed by atoms with Gasteiger partial charge in [0.05, 0.1) is 32.3 Å². The summed E-state index contributed by atoms with van der Waals surface area (Å²) in [6, 6.07) is 6.42. The molecule has 9 heteroatoms. The summed E-state index contributed by atoms with van der Waals surface area (Å²) < 4.78 is 25.4. The topological polar surface area (TPSA) is 161 Å².